The Balaban J connectivity index is 1.84. The van der Waals surface area contributed by atoms with Crippen molar-refractivity contribution < 1.29 is 9.53 Å². The summed E-state index contributed by atoms with van der Waals surface area (Å²) in [5.41, 5.74) is 3.32. The standard InChI is InChI=1S/C28H25ClN4O3/c1-5-32(18-10-8-9-17(2)15-18)27(34)25-24-20-11-6-7-12-22(20)31(3)26(24)28(35)33(30-25)19-13-14-23(36-4)21(29)16-19/h6-16H,5H2,1-4H3. The van der Waals surface area contributed by atoms with Gasteiger partial charge in [0.05, 0.1) is 17.8 Å². The van der Waals surface area contributed by atoms with E-state index in [2.05, 4.69) is 5.10 Å². The van der Waals surface area contributed by atoms with Gasteiger partial charge in [-0.05, 0) is 55.8 Å². The molecule has 1 amide bonds. The molecule has 0 N–H and O–H groups in total. The Morgan fingerprint density at radius 2 is 1.86 bits per heavy atom. The van der Waals surface area contributed by atoms with E-state index in [0.717, 1.165) is 22.2 Å². The Hall–Kier alpha value is -4.10. The first-order valence-corrected chi connectivity index (χ1v) is 12.0. The highest BCUT2D eigenvalue weighted by Crippen LogP contribution is 2.31. The molecule has 0 aliphatic rings. The number of benzene rings is 3. The Labute approximate surface area is 213 Å². The van der Waals surface area contributed by atoms with Gasteiger partial charge in [0.15, 0.2) is 5.69 Å². The van der Waals surface area contributed by atoms with Gasteiger partial charge < -0.3 is 14.2 Å². The number of anilines is 1. The van der Waals surface area contributed by atoms with Crippen molar-refractivity contribution in [2.45, 2.75) is 13.8 Å². The van der Waals surface area contributed by atoms with Crippen LogP contribution in [0.1, 0.15) is 23.0 Å². The summed E-state index contributed by atoms with van der Waals surface area (Å²) in [7, 11) is 3.35. The van der Waals surface area contributed by atoms with Crippen LogP contribution in [0.5, 0.6) is 5.75 Å². The van der Waals surface area contributed by atoms with Crippen molar-refractivity contribution in [2.75, 3.05) is 18.6 Å². The van der Waals surface area contributed by atoms with Crippen LogP contribution in [0.2, 0.25) is 5.02 Å². The summed E-state index contributed by atoms with van der Waals surface area (Å²) in [6.07, 6.45) is 0. The fourth-order valence-electron chi connectivity index (χ4n) is 4.66. The Morgan fingerprint density at radius 3 is 2.56 bits per heavy atom. The molecule has 7 nitrogen and oxygen atoms in total. The summed E-state index contributed by atoms with van der Waals surface area (Å²) in [5, 5.41) is 6.31. The first-order valence-electron chi connectivity index (χ1n) is 11.6. The minimum absolute atomic E-state index is 0.191. The van der Waals surface area contributed by atoms with Gasteiger partial charge in [0.1, 0.15) is 11.3 Å². The molecule has 2 heterocycles. The third kappa shape index (κ3) is 3.72. The maximum Gasteiger partial charge on any atom is 0.296 e. The molecule has 0 radical (unpaired) electrons. The second kappa shape index (κ2) is 9.17. The highest BCUT2D eigenvalue weighted by molar-refractivity contribution is 6.32. The molecular formula is C28H25ClN4O3. The van der Waals surface area contributed by atoms with Crippen LogP contribution in [0.3, 0.4) is 0 Å². The van der Waals surface area contributed by atoms with E-state index < -0.39 is 0 Å². The summed E-state index contributed by atoms with van der Waals surface area (Å²) in [4.78, 5) is 29.6. The quantitative estimate of drug-likeness (QED) is 0.319. The molecule has 0 saturated carbocycles. The van der Waals surface area contributed by atoms with Crippen LogP contribution in [-0.2, 0) is 7.05 Å². The molecule has 0 fully saturated rings. The molecule has 3 aromatic carbocycles. The van der Waals surface area contributed by atoms with Crippen molar-refractivity contribution in [1.29, 1.82) is 0 Å². The van der Waals surface area contributed by atoms with Crippen LogP contribution >= 0.6 is 11.6 Å². The zero-order valence-corrected chi connectivity index (χ0v) is 21.2. The number of aryl methyl sites for hydroxylation is 2. The first kappa shape index (κ1) is 23.6. The van der Waals surface area contributed by atoms with Crippen LogP contribution in [0.15, 0.2) is 71.5 Å². The predicted molar refractivity (Wildman–Crippen MR) is 144 cm³/mol. The first-order chi connectivity index (χ1) is 17.3. The second-order valence-corrected chi connectivity index (χ2v) is 8.98. The largest absolute Gasteiger partial charge is 0.495 e. The smallest absolute Gasteiger partial charge is 0.296 e. The molecule has 36 heavy (non-hydrogen) atoms. The average molecular weight is 501 g/mol. The van der Waals surface area contributed by atoms with Crippen LogP contribution in [0.4, 0.5) is 5.69 Å². The van der Waals surface area contributed by atoms with Gasteiger partial charge in [-0.3, -0.25) is 9.59 Å². The lowest BCUT2D eigenvalue weighted by Gasteiger charge is -2.22. The number of rotatable bonds is 5. The monoisotopic (exact) mass is 500 g/mol. The van der Waals surface area contributed by atoms with Gasteiger partial charge >= 0.3 is 0 Å². The molecule has 0 bridgehead atoms. The molecule has 0 atom stereocenters. The van der Waals surface area contributed by atoms with Crippen LogP contribution < -0.4 is 15.2 Å². The van der Waals surface area contributed by atoms with Gasteiger partial charge in [-0.2, -0.15) is 9.78 Å². The summed E-state index contributed by atoms with van der Waals surface area (Å²) >= 11 is 6.37. The third-order valence-corrected chi connectivity index (χ3v) is 6.69. The topological polar surface area (TPSA) is 69.4 Å². The van der Waals surface area contributed by atoms with Crippen molar-refractivity contribution in [1.82, 2.24) is 14.3 Å². The lowest BCUT2D eigenvalue weighted by molar-refractivity contribution is 0.0983. The SMILES string of the molecule is CCN(C(=O)c1nn(-c2ccc(OC)c(Cl)c2)c(=O)c2c1c1ccccc1n2C)c1cccc(C)c1. The Kier molecular flexibility index (Phi) is 6.02. The van der Waals surface area contributed by atoms with Crippen LogP contribution in [-0.4, -0.2) is 33.9 Å². The van der Waals surface area contributed by atoms with E-state index in [1.54, 1.807) is 23.1 Å². The third-order valence-electron chi connectivity index (χ3n) is 6.40. The van der Waals surface area contributed by atoms with E-state index in [1.165, 1.54) is 11.8 Å². The van der Waals surface area contributed by atoms with E-state index in [9.17, 15) is 9.59 Å². The number of fused-ring (bicyclic) bond motifs is 3. The number of methoxy groups -OCH3 is 1. The lowest BCUT2D eigenvalue weighted by Crippen LogP contribution is -2.34. The van der Waals surface area contributed by atoms with Crippen molar-refractivity contribution in [3.8, 4) is 11.4 Å². The molecule has 0 unspecified atom stereocenters. The molecule has 5 aromatic rings. The summed E-state index contributed by atoms with van der Waals surface area (Å²) < 4.78 is 8.31. The number of aromatic nitrogens is 3. The summed E-state index contributed by atoms with van der Waals surface area (Å²) in [6, 6.07) is 20.4. The summed E-state index contributed by atoms with van der Waals surface area (Å²) in [6.45, 7) is 4.33. The summed E-state index contributed by atoms with van der Waals surface area (Å²) in [5.74, 6) is 0.185. The van der Waals surface area contributed by atoms with E-state index in [4.69, 9.17) is 16.3 Å². The molecule has 0 aliphatic carbocycles. The molecule has 5 rings (SSSR count). The van der Waals surface area contributed by atoms with Gasteiger partial charge in [-0.15, -0.1) is 0 Å². The Bertz CT molecular complexity index is 1700. The number of amides is 1. The average Bonchev–Trinajstić information content (AvgIpc) is 3.18. The second-order valence-electron chi connectivity index (χ2n) is 8.57. The van der Waals surface area contributed by atoms with E-state index in [0.29, 0.717) is 33.9 Å². The maximum atomic E-state index is 14.1. The molecular weight excluding hydrogens is 476 g/mol. The molecule has 0 saturated heterocycles. The number of para-hydroxylation sites is 1. The fourth-order valence-corrected chi connectivity index (χ4v) is 4.91. The number of halogens is 1. The lowest BCUT2D eigenvalue weighted by atomic mass is 10.1. The van der Waals surface area contributed by atoms with Crippen LogP contribution in [0, 0.1) is 6.92 Å². The number of carbonyl (C=O) groups is 1. The zero-order chi connectivity index (χ0) is 25.6. The van der Waals surface area contributed by atoms with Crippen LogP contribution in [0.25, 0.3) is 27.5 Å². The molecule has 0 spiro atoms. The van der Waals surface area contributed by atoms with Crippen molar-refractivity contribution >= 4 is 45.0 Å². The van der Waals surface area contributed by atoms with Gasteiger partial charge in [-0.25, -0.2) is 0 Å². The minimum Gasteiger partial charge on any atom is -0.495 e. The Morgan fingerprint density at radius 1 is 1.08 bits per heavy atom. The predicted octanol–water partition coefficient (Wildman–Crippen LogP) is 5.51. The molecule has 2 aromatic heterocycles. The molecule has 0 aliphatic heterocycles. The number of hydrogen-bond acceptors (Lipinski definition) is 4. The highest BCUT2D eigenvalue weighted by Gasteiger charge is 2.27. The fraction of sp³-hybridized carbons (Fsp3) is 0.179. The van der Waals surface area contributed by atoms with Gasteiger partial charge in [0.2, 0.25) is 0 Å². The minimum atomic E-state index is -0.347. The number of carbonyl (C=O) groups excluding carboxylic acids is 1. The van der Waals surface area contributed by atoms with Crippen molar-refractivity contribution in [3.63, 3.8) is 0 Å². The number of nitrogens with zero attached hydrogens (tertiary/aromatic N) is 4. The van der Waals surface area contributed by atoms with E-state index in [1.807, 2.05) is 74.0 Å². The number of hydrogen-bond donors (Lipinski definition) is 0. The zero-order valence-electron chi connectivity index (χ0n) is 20.4. The normalized spacial score (nSPS) is 11.2. The van der Waals surface area contributed by atoms with Gasteiger partial charge in [0.25, 0.3) is 11.5 Å². The van der Waals surface area contributed by atoms with Crippen molar-refractivity contribution in [3.05, 3.63) is 93.4 Å². The molecule has 8 heteroatoms. The van der Waals surface area contributed by atoms with Gasteiger partial charge in [0, 0.05) is 35.6 Å². The van der Waals surface area contributed by atoms with Crippen molar-refractivity contribution in [2.24, 2.45) is 7.05 Å². The maximum absolute atomic E-state index is 14.1. The van der Waals surface area contributed by atoms with E-state index in [-0.39, 0.29) is 17.2 Å². The number of ether oxygens (including phenoxy) is 1. The van der Waals surface area contributed by atoms with E-state index >= 15 is 0 Å². The highest BCUT2D eigenvalue weighted by atomic mass is 35.5. The van der Waals surface area contributed by atoms with Gasteiger partial charge in [-0.1, -0.05) is 41.9 Å². The molecule has 182 valence electrons.